The van der Waals surface area contributed by atoms with Crippen LogP contribution in [0.1, 0.15) is 52.9 Å². The molecule has 5 nitrogen and oxygen atoms in total. The van der Waals surface area contributed by atoms with Crippen LogP contribution >= 0.6 is 0 Å². The number of hydrogen-bond acceptors (Lipinski definition) is 4. The molecule has 5 heteroatoms. The predicted molar refractivity (Wildman–Crippen MR) is 80.1 cm³/mol. The largest absolute Gasteiger partial charge is 0.481 e. The lowest BCUT2D eigenvalue weighted by Crippen LogP contribution is -2.42. The minimum absolute atomic E-state index is 0.126. The van der Waals surface area contributed by atoms with Crippen molar-refractivity contribution in [3.05, 3.63) is 0 Å². The van der Waals surface area contributed by atoms with Gasteiger partial charge in [-0.2, -0.15) is 0 Å². The molecule has 2 fully saturated rings. The van der Waals surface area contributed by atoms with Gasteiger partial charge in [0.15, 0.2) is 5.79 Å². The number of aliphatic carboxylic acids is 1. The molecule has 0 aromatic heterocycles. The quantitative estimate of drug-likeness (QED) is 0.737. The maximum absolute atomic E-state index is 11.4. The first-order chi connectivity index (χ1) is 9.89. The topological polar surface area (TPSA) is 67.8 Å². The highest BCUT2D eigenvalue weighted by atomic mass is 16.7. The average molecular weight is 299 g/mol. The number of hydrogen-bond donors (Lipinski definition) is 2. The average Bonchev–Trinajstić information content (AvgIpc) is 2.82. The van der Waals surface area contributed by atoms with E-state index in [9.17, 15) is 9.90 Å². The van der Waals surface area contributed by atoms with Crippen LogP contribution in [0.2, 0.25) is 0 Å². The minimum atomic E-state index is -0.710. The van der Waals surface area contributed by atoms with Gasteiger partial charge in [0.05, 0.1) is 18.1 Å². The van der Waals surface area contributed by atoms with Crippen LogP contribution < -0.4 is 5.32 Å². The first kappa shape index (κ1) is 16.7. The molecule has 0 aromatic rings. The van der Waals surface area contributed by atoms with Crippen molar-refractivity contribution in [2.45, 2.75) is 64.8 Å². The SMILES string of the molecule is CCCNCC1COC2(CCC(C(C)(C)C(=O)O)CC2)O1. The molecule has 122 valence electrons. The van der Waals surface area contributed by atoms with E-state index in [1.165, 1.54) is 0 Å². The summed E-state index contributed by atoms with van der Waals surface area (Å²) in [5, 5.41) is 12.7. The van der Waals surface area contributed by atoms with E-state index in [0.717, 1.165) is 45.2 Å². The Morgan fingerprint density at radius 1 is 1.38 bits per heavy atom. The van der Waals surface area contributed by atoms with Gasteiger partial charge in [-0.15, -0.1) is 0 Å². The standard InChI is InChI=1S/C16H29NO4/c1-4-9-17-10-13-11-20-16(21-13)7-5-12(6-8-16)15(2,3)14(18)19/h12-13,17H,4-11H2,1-3H3,(H,18,19). The van der Waals surface area contributed by atoms with Gasteiger partial charge < -0.3 is 19.9 Å². The summed E-state index contributed by atoms with van der Waals surface area (Å²) < 4.78 is 12.1. The summed E-state index contributed by atoms with van der Waals surface area (Å²) in [5.41, 5.74) is -0.664. The second kappa shape index (κ2) is 6.63. The highest BCUT2D eigenvalue weighted by molar-refractivity contribution is 5.74. The second-order valence-corrected chi connectivity index (χ2v) is 6.97. The summed E-state index contributed by atoms with van der Waals surface area (Å²) in [6.07, 6.45) is 4.56. The summed E-state index contributed by atoms with van der Waals surface area (Å²) in [6.45, 7) is 8.27. The summed E-state index contributed by atoms with van der Waals surface area (Å²) >= 11 is 0. The van der Waals surface area contributed by atoms with Gasteiger partial charge in [0.1, 0.15) is 0 Å². The molecule has 21 heavy (non-hydrogen) atoms. The van der Waals surface area contributed by atoms with E-state index >= 15 is 0 Å². The number of rotatable bonds is 6. The van der Waals surface area contributed by atoms with Gasteiger partial charge in [-0.1, -0.05) is 6.92 Å². The van der Waals surface area contributed by atoms with E-state index in [-0.39, 0.29) is 12.0 Å². The van der Waals surface area contributed by atoms with E-state index < -0.39 is 17.2 Å². The molecule has 1 atom stereocenters. The molecule has 0 bridgehead atoms. The monoisotopic (exact) mass is 299 g/mol. The van der Waals surface area contributed by atoms with Gasteiger partial charge in [-0.05, 0) is 45.6 Å². The van der Waals surface area contributed by atoms with Crippen LogP contribution in [0, 0.1) is 11.3 Å². The maximum atomic E-state index is 11.4. The van der Waals surface area contributed by atoms with Gasteiger partial charge in [-0.3, -0.25) is 4.79 Å². The Bertz CT molecular complexity index is 361. The molecule has 2 N–H and O–H groups in total. The van der Waals surface area contributed by atoms with Crippen LogP contribution in [0.4, 0.5) is 0 Å². The van der Waals surface area contributed by atoms with Crippen LogP contribution in [0.5, 0.6) is 0 Å². The Kier molecular flexibility index (Phi) is 5.28. The Morgan fingerprint density at radius 3 is 2.62 bits per heavy atom. The van der Waals surface area contributed by atoms with Crippen molar-refractivity contribution in [1.29, 1.82) is 0 Å². The van der Waals surface area contributed by atoms with Crippen LogP contribution in [0.3, 0.4) is 0 Å². The number of nitrogens with one attached hydrogen (secondary N) is 1. The van der Waals surface area contributed by atoms with E-state index in [0.29, 0.717) is 6.61 Å². The fourth-order valence-electron chi connectivity index (χ4n) is 3.37. The van der Waals surface area contributed by atoms with Crippen LogP contribution in [0.25, 0.3) is 0 Å². The lowest BCUT2D eigenvalue weighted by molar-refractivity contribution is -0.198. The van der Waals surface area contributed by atoms with E-state index in [4.69, 9.17) is 9.47 Å². The number of carboxylic acids is 1. The van der Waals surface area contributed by atoms with Crippen molar-refractivity contribution in [2.75, 3.05) is 19.7 Å². The summed E-state index contributed by atoms with van der Waals surface area (Å²) in [6, 6.07) is 0. The molecule has 1 aliphatic carbocycles. The summed E-state index contributed by atoms with van der Waals surface area (Å²) in [4.78, 5) is 11.4. The van der Waals surface area contributed by atoms with Crippen LogP contribution in [0.15, 0.2) is 0 Å². The molecule has 1 heterocycles. The first-order valence-electron chi connectivity index (χ1n) is 8.15. The van der Waals surface area contributed by atoms with Gasteiger partial charge in [0.25, 0.3) is 0 Å². The van der Waals surface area contributed by atoms with Gasteiger partial charge in [-0.25, -0.2) is 0 Å². The van der Waals surface area contributed by atoms with Crippen molar-refractivity contribution in [3.63, 3.8) is 0 Å². The fraction of sp³-hybridized carbons (Fsp3) is 0.938. The van der Waals surface area contributed by atoms with Crippen molar-refractivity contribution < 1.29 is 19.4 Å². The Labute approximate surface area is 127 Å². The molecule has 0 radical (unpaired) electrons. The smallest absolute Gasteiger partial charge is 0.309 e. The van der Waals surface area contributed by atoms with Crippen molar-refractivity contribution >= 4 is 5.97 Å². The molecule has 1 aliphatic heterocycles. The number of ether oxygens (including phenoxy) is 2. The van der Waals surface area contributed by atoms with Crippen molar-refractivity contribution in [3.8, 4) is 0 Å². The Balaban J connectivity index is 1.82. The molecule has 1 unspecified atom stereocenters. The Hall–Kier alpha value is -0.650. The summed E-state index contributed by atoms with van der Waals surface area (Å²) in [7, 11) is 0. The molecular weight excluding hydrogens is 270 g/mol. The molecule has 1 saturated heterocycles. The normalized spacial score (nSPS) is 33.5. The predicted octanol–water partition coefficient (Wildman–Crippen LogP) is 2.40. The molecule has 2 aliphatic rings. The van der Waals surface area contributed by atoms with Crippen LogP contribution in [-0.2, 0) is 14.3 Å². The summed E-state index contributed by atoms with van der Waals surface area (Å²) in [5.74, 6) is -0.965. The first-order valence-corrected chi connectivity index (χ1v) is 8.15. The molecule has 1 saturated carbocycles. The number of carboxylic acid groups (broad SMARTS) is 1. The molecule has 0 aromatic carbocycles. The van der Waals surface area contributed by atoms with Crippen molar-refractivity contribution in [2.24, 2.45) is 11.3 Å². The third-order valence-electron chi connectivity index (χ3n) is 5.03. The van der Waals surface area contributed by atoms with Gasteiger partial charge in [0.2, 0.25) is 0 Å². The van der Waals surface area contributed by atoms with Crippen LogP contribution in [-0.4, -0.2) is 42.7 Å². The minimum Gasteiger partial charge on any atom is -0.481 e. The number of carbonyl (C=O) groups is 1. The fourth-order valence-corrected chi connectivity index (χ4v) is 3.37. The second-order valence-electron chi connectivity index (χ2n) is 6.97. The lowest BCUT2D eigenvalue weighted by Gasteiger charge is -2.40. The van der Waals surface area contributed by atoms with E-state index in [1.54, 1.807) is 0 Å². The third-order valence-corrected chi connectivity index (χ3v) is 5.03. The highest BCUT2D eigenvalue weighted by Crippen LogP contribution is 2.45. The third kappa shape index (κ3) is 3.76. The molecule has 2 rings (SSSR count). The Morgan fingerprint density at radius 2 is 2.05 bits per heavy atom. The van der Waals surface area contributed by atoms with Crippen molar-refractivity contribution in [1.82, 2.24) is 5.32 Å². The van der Waals surface area contributed by atoms with E-state index in [1.807, 2.05) is 13.8 Å². The molecular formula is C16H29NO4. The molecule has 1 spiro atoms. The zero-order valence-corrected chi connectivity index (χ0v) is 13.5. The zero-order chi connectivity index (χ0) is 15.5. The van der Waals surface area contributed by atoms with Gasteiger partial charge >= 0.3 is 5.97 Å². The zero-order valence-electron chi connectivity index (χ0n) is 13.5. The molecule has 0 amide bonds. The maximum Gasteiger partial charge on any atom is 0.309 e. The lowest BCUT2D eigenvalue weighted by atomic mass is 9.70. The van der Waals surface area contributed by atoms with Gasteiger partial charge in [0, 0.05) is 19.4 Å². The van der Waals surface area contributed by atoms with E-state index in [2.05, 4.69) is 12.2 Å². The highest BCUT2D eigenvalue weighted by Gasteiger charge is 2.48.